The number of aliphatic hydroxyl groups is 1. The molecule has 0 aliphatic heterocycles. The number of rotatable bonds is 10. The van der Waals surface area contributed by atoms with E-state index in [0.717, 1.165) is 12.1 Å². The molecule has 4 N–H and O–H groups in total. The second-order valence-corrected chi connectivity index (χ2v) is 8.26. The zero-order valence-electron chi connectivity index (χ0n) is 19.7. The fraction of sp³-hybridized carbons (Fsp3) is 0.308. The average Bonchev–Trinajstić information content (AvgIpc) is 2.86. The Labute approximate surface area is 206 Å². The molecule has 1 aromatic heterocycles. The van der Waals surface area contributed by atoms with Crippen molar-refractivity contribution in [2.45, 2.75) is 31.5 Å². The molecule has 3 rings (SSSR count). The number of hydrogen-bond acceptors (Lipinski definition) is 4. The molecule has 36 heavy (non-hydrogen) atoms. The molecule has 192 valence electrons. The van der Waals surface area contributed by atoms with Crippen LogP contribution in [0.3, 0.4) is 0 Å². The predicted molar refractivity (Wildman–Crippen MR) is 129 cm³/mol. The summed E-state index contributed by atoms with van der Waals surface area (Å²) in [7, 11) is 0. The molecule has 0 radical (unpaired) electrons. The van der Waals surface area contributed by atoms with Gasteiger partial charge in [-0.05, 0) is 47.9 Å². The van der Waals surface area contributed by atoms with E-state index in [1.54, 1.807) is 42.5 Å². The molecule has 1 atom stereocenters. The first kappa shape index (κ1) is 26.9. The third-order valence-corrected chi connectivity index (χ3v) is 5.53. The van der Waals surface area contributed by atoms with Crippen LogP contribution < -0.4 is 16.0 Å². The van der Waals surface area contributed by atoms with E-state index in [4.69, 9.17) is 5.11 Å². The fourth-order valence-electron chi connectivity index (χ4n) is 3.85. The molecule has 3 aromatic rings. The number of anilines is 1. The van der Waals surface area contributed by atoms with E-state index >= 15 is 0 Å². The maximum atomic E-state index is 14.6. The molecular weight excluding hydrogens is 476 g/mol. The van der Waals surface area contributed by atoms with E-state index < -0.39 is 29.1 Å². The number of halogens is 4. The van der Waals surface area contributed by atoms with Gasteiger partial charge >= 0.3 is 12.2 Å². The minimum Gasteiger partial charge on any atom is -0.395 e. The van der Waals surface area contributed by atoms with Gasteiger partial charge in [-0.3, -0.25) is 4.98 Å². The van der Waals surface area contributed by atoms with E-state index in [9.17, 15) is 22.4 Å². The predicted octanol–water partition coefficient (Wildman–Crippen LogP) is 4.84. The number of carbonyl (C=O) groups is 1. The Balaban J connectivity index is 2.23. The number of nitrogens with zero attached hydrogens (tertiary/aromatic N) is 1. The summed E-state index contributed by atoms with van der Waals surface area (Å²) in [5.74, 6) is -1.09. The molecule has 2 amide bonds. The van der Waals surface area contributed by atoms with Crippen molar-refractivity contribution >= 4 is 11.7 Å². The highest BCUT2D eigenvalue weighted by molar-refractivity contribution is 5.76. The number of benzene rings is 2. The number of aromatic nitrogens is 1. The van der Waals surface area contributed by atoms with Gasteiger partial charge in [0, 0.05) is 19.5 Å². The smallest absolute Gasteiger partial charge is 0.395 e. The lowest BCUT2D eigenvalue weighted by Gasteiger charge is -2.36. The Hall–Kier alpha value is -3.66. The molecule has 0 spiro atoms. The third-order valence-electron chi connectivity index (χ3n) is 5.53. The van der Waals surface area contributed by atoms with Gasteiger partial charge in [-0.15, -0.1) is 0 Å². The molecular formula is C26H28F4N4O2. The van der Waals surface area contributed by atoms with Crippen LogP contribution in [0.4, 0.5) is 28.0 Å². The molecule has 0 saturated carbocycles. The molecule has 0 saturated heterocycles. The van der Waals surface area contributed by atoms with Crippen molar-refractivity contribution in [1.29, 1.82) is 0 Å². The Morgan fingerprint density at radius 1 is 1.00 bits per heavy atom. The SMILES string of the molecule is CCCNC(=O)NC(Cc1ccccc1)(c1cc(F)cc(C(F)(F)F)c1)c1ccc(NCCO)cn1. The van der Waals surface area contributed by atoms with Crippen LogP contribution in [0.15, 0.2) is 66.9 Å². The first-order valence-corrected chi connectivity index (χ1v) is 11.5. The quantitative estimate of drug-likeness (QED) is 0.298. The lowest BCUT2D eigenvalue weighted by molar-refractivity contribution is -0.137. The second-order valence-electron chi connectivity index (χ2n) is 8.26. The van der Waals surface area contributed by atoms with Crippen LogP contribution in [0.1, 0.15) is 35.7 Å². The molecule has 0 fully saturated rings. The third kappa shape index (κ3) is 6.72. The highest BCUT2D eigenvalue weighted by atomic mass is 19.4. The van der Waals surface area contributed by atoms with Crippen molar-refractivity contribution in [1.82, 2.24) is 15.6 Å². The van der Waals surface area contributed by atoms with Crippen molar-refractivity contribution in [3.8, 4) is 0 Å². The van der Waals surface area contributed by atoms with Gasteiger partial charge in [-0.1, -0.05) is 37.3 Å². The summed E-state index contributed by atoms with van der Waals surface area (Å²) >= 11 is 0. The van der Waals surface area contributed by atoms with Gasteiger partial charge < -0.3 is 21.1 Å². The van der Waals surface area contributed by atoms with Crippen molar-refractivity contribution in [3.05, 3.63) is 95.1 Å². The monoisotopic (exact) mass is 504 g/mol. The van der Waals surface area contributed by atoms with Crippen LogP contribution in [-0.4, -0.2) is 35.8 Å². The summed E-state index contributed by atoms with van der Waals surface area (Å²) in [6.07, 6.45) is -2.71. The van der Waals surface area contributed by atoms with Crippen LogP contribution in [0.25, 0.3) is 0 Å². The number of nitrogens with one attached hydrogen (secondary N) is 3. The van der Waals surface area contributed by atoms with Gasteiger partial charge in [-0.25, -0.2) is 9.18 Å². The number of amides is 2. The summed E-state index contributed by atoms with van der Waals surface area (Å²) in [4.78, 5) is 17.4. The number of alkyl halides is 3. The zero-order valence-corrected chi connectivity index (χ0v) is 19.7. The zero-order chi connectivity index (χ0) is 26.2. The van der Waals surface area contributed by atoms with Crippen LogP contribution in [0.5, 0.6) is 0 Å². The van der Waals surface area contributed by atoms with Crippen LogP contribution >= 0.6 is 0 Å². The molecule has 0 bridgehead atoms. The first-order chi connectivity index (χ1) is 17.2. The van der Waals surface area contributed by atoms with Crippen molar-refractivity contribution in [2.75, 3.05) is 25.0 Å². The Bertz CT molecular complexity index is 1140. The molecule has 1 heterocycles. The lowest BCUT2D eigenvalue weighted by atomic mass is 9.79. The minimum atomic E-state index is -4.80. The van der Waals surface area contributed by atoms with E-state index in [-0.39, 0.29) is 30.8 Å². The lowest BCUT2D eigenvalue weighted by Crippen LogP contribution is -2.52. The number of hydrogen-bond donors (Lipinski definition) is 4. The first-order valence-electron chi connectivity index (χ1n) is 11.5. The van der Waals surface area contributed by atoms with Crippen molar-refractivity contribution in [3.63, 3.8) is 0 Å². The van der Waals surface area contributed by atoms with Crippen molar-refractivity contribution < 1.29 is 27.5 Å². The van der Waals surface area contributed by atoms with Gasteiger partial charge in [0.15, 0.2) is 0 Å². The van der Waals surface area contributed by atoms with Crippen LogP contribution in [0, 0.1) is 5.82 Å². The summed E-state index contributed by atoms with van der Waals surface area (Å²) in [5, 5.41) is 17.5. The Morgan fingerprint density at radius 2 is 1.72 bits per heavy atom. The molecule has 0 aliphatic carbocycles. The molecule has 1 unspecified atom stereocenters. The summed E-state index contributed by atoms with van der Waals surface area (Å²) in [6.45, 7) is 2.36. The normalized spacial score (nSPS) is 13.1. The standard InChI is InChI=1S/C26H28F4N4O2/c1-2-10-32-24(36)34-25(16-18-6-4-3-5-7-18,23-9-8-22(17-33-23)31-11-12-35)19-13-20(26(28,29)30)15-21(27)14-19/h3-9,13-15,17,31,35H,2,10-12,16H2,1H3,(H2,32,34,36). The van der Waals surface area contributed by atoms with Gasteiger partial charge in [0.05, 0.1) is 29.7 Å². The summed E-state index contributed by atoms with van der Waals surface area (Å²) in [6, 6.07) is 13.6. The Morgan fingerprint density at radius 3 is 2.33 bits per heavy atom. The number of urea groups is 1. The average molecular weight is 505 g/mol. The maximum absolute atomic E-state index is 14.6. The van der Waals surface area contributed by atoms with Crippen molar-refractivity contribution in [2.24, 2.45) is 0 Å². The molecule has 6 nitrogen and oxygen atoms in total. The largest absolute Gasteiger partial charge is 0.416 e. The topological polar surface area (TPSA) is 86.3 Å². The molecule has 10 heteroatoms. The highest BCUT2D eigenvalue weighted by Crippen LogP contribution is 2.37. The van der Waals surface area contributed by atoms with Crippen LogP contribution in [0.2, 0.25) is 0 Å². The Kier molecular flexibility index (Phi) is 8.87. The van der Waals surface area contributed by atoms with Gasteiger partial charge in [0.25, 0.3) is 0 Å². The van der Waals surface area contributed by atoms with E-state index in [0.29, 0.717) is 30.3 Å². The van der Waals surface area contributed by atoms with Gasteiger partial charge in [0.2, 0.25) is 0 Å². The molecule has 2 aromatic carbocycles. The maximum Gasteiger partial charge on any atom is 0.416 e. The van der Waals surface area contributed by atoms with E-state index in [1.807, 2.05) is 6.92 Å². The summed E-state index contributed by atoms with van der Waals surface area (Å²) < 4.78 is 55.6. The number of pyridine rings is 1. The van der Waals surface area contributed by atoms with Gasteiger partial charge in [0.1, 0.15) is 11.4 Å². The van der Waals surface area contributed by atoms with E-state index in [1.165, 1.54) is 6.20 Å². The van der Waals surface area contributed by atoms with Gasteiger partial charge in [-0.2, -0.15) is 13.2 Å². The highest BCUT2D eigenvalue weighted by Gasteiger charge is 2.41. The summed E-state index contributed by atoms with van der Waals surface area (Å²) in [5.41, 5.74) is -1.45. The van der Waals surface area contributed by atoms with E-state index in [2.05, 4.69) is 20.9 Å². The molecule has 0 aliphatic rings. The van der Waals surface area contributed by atoms with Crippen LogP contribution in [-0.2, 0) is 18.1 Å². The number of carbonyl (C=O) groups excluding carboxylic acids is 1. The number of aliphatic hydroxyl groups excluding tert-OH is 1. The second kappa shape index (κ2) is 11.9. The minimum absolute atomic E-state index is 0.00451. The fourth-order valence-corrected chi connectivity index (χ4v) is 3.85.